The number of nitrogens with one attached hydrogen (secondary N) is 1. The van der Waals surface area contributed by atoms with Crippen LogP contribution in [0.3, 0.4) is 0 Å². The van der Waals surface area contributed by atoms with Gasteiger partial charge in [-0.25, -0.2) is 0 Å². The van der Waals surface area contributed by atoms with Gasteiger partial charge in [-0.1, -0.05) is 6.07 Å². The largest absolute Gasteiger partial charge is 0.380 e. The van der Waals surface area contributed by atoms with Crippen LogP contribution in [0.4, 0.5) is 5.69 Å². The molecule has 1 aliphatic heterocycles. The van der Waals surface area contributed by atoms with E-state index in [1.807, 2.05) is 0 Å². The maximum atomic E-state index is 5.30. The van der Waals surface area contributed by atoms with Crippen LogP contribution in [0.5, 0.6) is 0 Å². The van der Waals surface area contributed by atoms with Crippen molar-refractivity contribution in [3.63, 3.8) is 0 Å². The molecule has 0 spiro atoms. The zero-order chi connectivity index (χ0) is 9.10. The number of halogens is 1. The second kappa shape index (κ2) is 4.28. The van der Waals surface area contributed by atoms with Gasteiger partial charge in [0.1, 0.15) is 0 Å². The monoisotopic (exact) mass is 289 g/mol. The first kappa shape index (κ1) is 9.27. The summed E-state index contributed by atoms with van der Waals surface area (Å²) in [5, 5.41) is 3.45. The summed E-state index contributed by atoms with van der Waals surface area (Å²) >= 11 is 2.32. The van der Waals surface area contributed by atoms with Crippen molar-refractivity contribution in [2.24, 2.45) is 0 Å². The Morgan fingerprint density at radius 1 is 1.46 bits per heavy atom. The standard InChI is InChI=1S/C10H12INO/c11-8-2-1-3-9(6-8)12-10-4-5-13-7-10/h1-3,6,10,12H,4-5,7H2. The molecule has 0 radical (unpaired) electrons. The molecule has 0 aliphatic carbocycles. The van der Waals surface area contributed by atoms with Gasteiger partial charge < -0.3 is 10.1 Å². The first-order valence-corrected chi connectivity index (χ1v) is 5.52. The fourth-order valence-electron chi connectivity index (χ4n) is 1.46. The number of anilines is 1. The van der Waals surface area contributed by atoms with Crippen molar-refractivity contribution in [2.75, 3.05) is 18.5 Å². The van der Waals surface area contributed by atoms with Crippen molar-refractivity contribution in [1.82, 2.24) is 0 Å². The van der Waals surface area contributed by atoms with Crippen LogP contribution in [0.2, 0.25) is 0 Å². The Kier molecular flexibility index (Phi) is 3.05. The third-order valence-electron chi connectivity index (χ3n) is 2.13. The van der Waals surface area contributed by atoms with Gasteiger partial charge in [0.25, 0.3) is 0 Å². The number of hydrogen-bond donors (Lipinski definition) is 1. The average Bonchev–Trinajstić information content (AvgIpc) is 2.57. The molecule has 1 aliphatic rings. The third kappa shape index (κ3) is 2.57. The lowest BCUT2D eigenvalue weighted by Gasteiger charge is -2.11. The molecular formula is C10H12INO. The van der Waals surface area contributed by atoms with Gasteiger partial charge in [-0.2, -0.15) is 0 Å². The minimum Gasteiger partial charge on any atom is -0.380 e. The molecule has 2 nitrogen and oxygen atoms in total. The lowest BCUT2D eigenvalue weighted by atomic mass is 10.2. The Morgan fingerprint density at radius 3 is 3.08 bits per heavy atom. The van der Waals surface area contributed by atoms with Gasteiger partial charge in [-0.05, 0) is 47.2 Å². The normalized spacial score (nSPS) is 21.8. The van der Waals surface area contributed by atoms with E-state index >= 15 is 0 Å². The lowest BCUT2D eigenvalue weighted by molar-refractivity contribution is 0.195. The van der Waals surface area contributed by atoms with Crippen molar-refractivity contribution in [1.29, 1.82) is 0 Å². The first-order valence-electron chi connectivity index (χ1n) is 4.44. The zero-order valence-corrected chi connectivity index (χ0v) is 9.45. The van der Waals surface area contributed by atoms with Crippen molar-refractivity contribution in [3.8, 4) is 0 Å². The molecule has 1 aromatic carbocycles. The fraction of sp³-hybridized carbons (Fsp3) is 0.400. The molecule has 1 heterocycles. The van der Waals surface area contributed by atoms with E-state index in [0.29, 0.717) is 6.04 Å². The molecule has 2 rings (SSSR count). The molecule has 1 fully saturated rings. The quantitative estimate of drug-likeness (QED) is 0.845. The highest BCUT2D eigenvalue weighted by Gasteiger charge is 2.14. The predicted molar refractivity (Wildman–Crippen MR) is 62.0 cm³/mol. The molecule has 1 unspecified atom stereocenters. The number of hydrogen-bond acceptors (Lipinski definition) is 2. The van der Waals surface area contributed by atoms with E-state index in [-0.39, 0.29) is 0 Å². The van der Waals surface area contributed by atoms with E-state index in [9.17, 15) is 0 Å². The second-order valence-electron chi connectivity index (χ2n) is 3.22. The van der Waals surface area contributed by atoms with Gasteiger partial charge in [-0.3, -0.25) is 0 Å². The van der Waals surface area contributed by atoms with E-state index in [1.54, 1.807) is 0 Å². The number of benzene rings is 1. The van der Waals surface area contributed by atoms with Crippen LogP contribution < -0.4 is 5.32 Å². The maximum Gasteiger partial charge on any atom is 0.0668 e. The summed E-state index contributed by atoms with van der Waals surface area (Å²) in [6.45, 7) is 1.73. The van der Waals surface area contributed by atoms with Crippen LogP contribution in [-0.4, -0.2) is 19.3 Å². The van der Waals surface area contributed by atoms with E-state index in [2.05, 4.69) is 52.2 Å². The van der Waals surface area contributed by atoms with Crippen LogP contribution in [0.1, 0.15) is 6.42 Å². The fourth-order valence-corrected chi connectivity index (χ4v) is 2.01. The van der Waals surface area contributed by atoms with Crippen LogP contribution in [0.25, 0.3) is 0 Å². The highest BCUT2D eigenvalue weighted by molar-refractivity contribution is 14.1. The van der Waals surface area contributed by atoms with Crippen LogP contribution >= 0.6 is 22.6 Å². The van der Waals surface area contributed by atoms with Crippen LogP contribution in [0.15, 0.2) is 24.3 Å². The molecule has 1 atom stereocenters. The van der Waals surface area contributed by atoms with Crippen LogP contribution in [0, 0.1) is 3.57 Å². The lowest BCUT2D eigenvalue weighted by Crippen LogP contribution is -2.18. The van der Waals surface area contributed by atoms with Gasteiger partial charge in [0.15, 0.2) is 0 Å². The Morgan fingerprint density at radius 2 is 2.38 bits per heavy atom. The van der Waals surface area contributed by atoms with Gasteiger partial charge in [0, 0.05) is 15.9 Å². The highest BCUT2D eigenvalue weighted by Crippen LogP contribution is 2.16. The molecule has 0 saturated carbocycles. The smallest absolute Gasteiger partial charge is 0.0668 e. The van der Waals surface area contributed by atoms with Gasteiger partial charge >= 0.3 is 0 Å². The predicted octanol–water partition coefficient (Wildman–Crippen LogP) is 2.49. The van der Waals surface area contributed by atoms with Crippen LogP contribution in [-0.2, 0) is 4.74 Å². The highest BCUT2D eigenvalue weighted by atomic mass is 127. The maximum absolute atomic E-state index is 5.30. The summed E-state index contributed by atoms with van der Waals surface area (Å²) < 4.78 is 6.56. The molecule has 1 saturated heterocycles. The minimum atomic E-state index is 0.498. The molecule has 0 amide bonds. The first-order chi connectivity index (χ1) is 6.34. The summed E-state index contributed by atoms with van der Waals surface area (Å²) in [4.78, 5) is 0. The summed E-state index contributed by atoms with van der Waals surface area (Å²) in [6, 6.07) is 8.91. The molecule has 13 heavy (non-hydrogen) atoms. The Labute approximate surface area is 91.8 Å². The Balaban J connectivity index is 2.00. The molecule has 3 heteroatoms. The number of rotatable bonds is 2. The van der Waals surface area contributed by atoms with Crippen molar-refractivity contribution < 1.29 is 4.74 Å². The topological polar surface area (TPSA) is 21.3 Å². The van der Waals surface area contributed by atoms with Gasteiger partial charge in [-0.15, -0.1) is 0 Å². The summed E-state index contributed by atoms with van der Waals surface area (Å²) in [5.41, 5.74) is 1.20. The average molecular weight is 289 g/mol. The van der Waals surface area contributed by atoms with E-state index < -0.39 is 0 Å². The zero-order valence-electron chi connectivity index (χ0n) is 7.29. The summed E-state index contributed by atoms with van der Waals surface area (Å²) in [6.07, 6.45) is 1.12. The molecule has 70 valence electrons. The third-order valence-corrected chi connectivity index (χ3v) is 2.80. The van der Waals surface area contributed by atoms with Gasteiger partial charge in [0.05, 0.1) is 12.6 Å². The second-order valence-corrected chi connectivity index (χ2v) is 4.46. The Bertz CT molecular complexity index is 284. The summed E-state index contributed by atoms with van der Waals surface area (Å²) in [7, 11) is 0. The molecule has 1 N–H and O–H groups in total. The minimum absolute atomic E-state index is 0.498. The van der Waals surface area contributed by atoms with Crippen molar-refractivity contribution in [3.05, 3.63) is 27.8 Å². The van der Waals surface area contributed by atoms with E-state index in [0.717, 1.165) is 19.6 Å². The molecular weight excluding hydrogens is 277 g/mol. The molecule has 0 bridgehead atoms. The van der Waals surface area contributed by atoms with Gasteiger partial charge in [0.2, 0.25) is 0 Å². The van der Waals surface area contributed by atoms with Crippen molar-refractivity contribution >= 4 is 28.3 Å². The van der Waals surface area contributed by atoms with E-state index in [4.69, 9.17) is 4.74 Å². The summed E-state index contributed by atoms with van der Waals surface area (Å²) in [5.74, 6) is 0. The molecule has 0 aromatic heterocycles. The SMILES string of the molecule is Ic1cccc(NC2CCOC2)c1. The Hall–Kier alpha value is -0.290. The number of ether oxygens (including phenoxy) is 1. The molecule has 1 aromatic rings. The van der Waals surface area contributed by atoms with Crippen molar-refractivity contribution in [2.45, 2.75) is 12.5 Å². The van der Waals surface area contributed by atoms with E-state index in [1.165, 1.54) is 9.26 Å².